The Morgan fingerprint density at radius 3 is 2.03 bits per heavy atom. The summed E-state index contributed by atoms with van der Waals surface area (Å²) in [5, 5.41) is 8.60. The molecule has 3 N–H and O–H groups in total. The molecule has 2 aromatic rings. The van der Waals surface area contributed by atoms with Crippen molar-refractivity contribution in [2.24, 2.45) is 5.92 Å². The van der Waals surface area contributed by atoms with Crippen LogP contribution in [0.25, 0.3) is 0 Å². The van der Waals surface area contributed by atoms with Crippen molar-refractivity contribution in [3.63, 3.8) is 0 Å². The molecular formula is C26H35N3O3. The zero-order valence-corrected chi connectivity index (χ0v) is 20.1. The highest BCUT2D eigenvalue weighted by Gasteiger charge is 2.26. The lowest BCUT2D eigenvalue weighted by Gasteiger charge is -2.25. The van der Waals surface area contributed by atoms with E-state index < -0.39 is 6.04 Å². The van der Waals surface area contributed by atoms with Crippen molar-refractivity contribution in [1.29, 1.82) is 0 Å². The van der Waals surface area contributed by atoms with Crippen LogP contribution < -0.4 is 16.0 Å². The second-order valence-electron chi connectivity index (χ2n) is 9.56. The summed E-state index contributed by atoms with van der Waals surface area (Å²) in [4.78, 5) is 37.1. The summed E-state index contributed by atoms with van der Waals surface area (Å²) >= 11 is 0. The van der Waals surface area contributed by atoms with Gasteiger partial charge in [-0.3, -0.25) is 14.4 Å². The van der Waals surface area contributed by atoms with Crippen molar-refractivity contribution in [1.82, 2.24) is 10.6 Å². The lowest BCUT2D eigenvalue weighted by molar-refractivity contribution is -0.124. The molecule has 2 rings (SSSR count). The van der Waals surface area contributed by atoms with Gasteiger partial charge in [-0.1, -0.05) is 58.9 Å². The average molecular weight is 438 g/mol. The maximum absolute atomic E-state index is 13.0. The van der Waals surface area contributed by atoms with E-state index in [-0.39, 0.29) is 35.1 Å². The fourth-order valence-corrected chi connectivity index (χ4v) is 3.36. The number of carbonyl (C=O) groups is 3. The summed E-state index contributed by atoms with van der Waals surface area (Å²) < 4.78 is 0. The number of rotatable bonds is 7. The third-order valence-corrected chi connectivity index (χ3v) is 5.31. The van der Waals surface area contributed by atoms with E-state index in [2.05, 4.69) is 36.7 Å². The lowest BCUT2D eigenvalue weighted by atomic mass is 9.86. The SMILES string of the molecule is CC(=O)Nc1cccc(C(C)NC(=O)C(NC(=O)c2ccc(C(C)(C)C)cc2)C(C)C)c1. The smallest absolute Gasteiger partial charge is 0.251 e. The molecule has 0 radical (unpaired) electrons. The maximum atomic E-state index is 13.0. The van der Waals surface area contributed by atoms with E-state index in [1.165, 1.54) is 6.92 Å². The van der Waals surface area contributed by atoms with E-state index in [9.17, 15) is 14.4 Å². The molecule has 32 heavy (non-hydrogen) atoms. The van der Waals surface area contributed by atoms with Gasteiger partial charge in [0, 0.05) is 18.2 Å². The molecule has 6 heteroatoms. The van der Waals surface area contributed by atoms with Gasteiger partial charge in [0.25, 0.3) is 5.91 Å². The molecule has 0 fully saturated rings. The van der Waals surface area contributed by atoms with E-state index >= 15 is 0 Å². The van der Waals surface area contributed by atoms with Crippen LogP contribution in [-0.2, 0) is 15.0 Å². The molecule has 2 unspecified atom stereocenters. The van der Waals surface area contributed by atoms with Gasteiger partial charge in [-0.25, -0.2) is 0 Å². The van der Waals surface area contributed by atoms with Crippen LogP contribution in [0.5, 0.6) is 0 Å². The molecular weight excluding hydrogens is 402 g/mol. The van der Waals surface area contributed by atoms with Crippen molar-refractivity contribution in [2.45, 2.75) is 66.0 Å². The van der Waals surface area contributed by atoms with Gasteiger partial charge in [0.05, 0.1) is 6.04 Å². The van der Waals surface area contributed by atoms with Crippen LogP contribution in [0.2, 0.25) is 0 Å². The average Bonchev–Trinajstić information content (AvgIpc) is 2.70. The van der Waals surface area contributed by atoms with Crippen molar-refractivity contribution in [3.8, 4) is 0 Å². The number of nitrogens with one attached hydrogen (secondary N) is 3. The molecule has 172 valence electrons. The van der Waals surface area contributed by atoms with Gasteiger partial charge >= 0.3 is 0 Å². The fourth-order valence-electron chi connectivity index (χ4n) is 3.36. The van der Waals surface area contributed by atoms with Crippen LogP contribution in [0.1, 0.15) is 76.0 Å². The van der Waals surface area contributed by atoms with Crippen LogP contribution in [0.3, 0.4) is 0 Å². The molecule has 3 amide bonds. The van der Waals surface area contributed by atoms with Crippen molar-refractivity contribution in [3.05, 3.63) is 65.2 Å². The Hall–Kier alpha value is -3.15. The van der Waals surface area contributed by atoms with E-state index in [4.69, 9.17) is 0 Å². The molecule has 0 bridgehead atoms. The summed E-state index contributed by atoms with van der Waals surface area (Å²) in [5.41, 5.74) is 3.19. The highest BCUT2D eigenvalue weighted by atomic mass is 16.2. The predicted molar refractivity (Wildman–Crippen MR) is 129 cm³/mol. The molecule has 2 aromatic carbocycles. The van der Waals surface area contributed by atoms with Gasteiger partial charge < -0.3 is 16.0 Å². The minimum Gasteiger partial charge on any atom is -0.348 e. The van der Waals surface area contributed by atoms with Gasteiger partial charge in [-0.2, -0.15) is 0 Å². The minimum absolute atomic E-state index is 0.00272. The van der Waals surface area contributed by atoms with Crippen molar-refractivity contribution in [2.75, 3.05) is 5.32 Å². The number of hydrogen-bond donors (Lipinski definition) is 3. The van der Waals surface area contributed by atoms with E-state index in [1.54, 1.807) is 18.2 Å². The summed E-state index contributed by atoms with van der Waals surface area (Å²) in [5.74, 6) is -0.778. The van der Waals surface area contributed by atoms with Crippen LogP contribution in [0.15, 0.2) is 48.5 Å². The Bertz CT molecular complexity index is 959. The zero-order valence-electron chi connectivity index (χ0n) is 20.1. The quantitative estimate of drug-likeness (QED) is 0.593. The van der Waals surface area contributed by atoms with Gasteiger partial charge in [0.2, 0.25) is 11.8 Å². The zero-order chi connectivity index (χ0) is 24.1. The van der Waals surface area contributed by atoms with Gasteiger partial charge in [0.1, 0.15) is 6.04 Å². The maximum Gasteiger partial charge on any atom is 0.251 e. The Morgan fingerprint density at radius 2 is 1.50 bits per heavy atom. The molecule has 0 heterocycles. The van der Waals surface area contributed by atoms with Gasteiger partial charge in [0.15, 0.2) is 0 Å². The van der Waals surface area contributed by atoms with Crippen LogP contribution in [0, 0.1) is 5.92 Å². The first-order chi connectivity index (χ1) is 14.9. The molecule has 6 nitrogen and oxygen atoms in total. The first-order valence-corrected chi connectivity index (χ1v) is 11.0. The first-order valence-electron chi connectivity index (χ1n) is 11.0. The number of hydrogen-bond acceptors (Lipinski definition) is 3. The Morgan fingerprint density at radius 1 is 0.875 bits per heavy atom. The number of amides is 3. The Balaban J connectivity index is 2.09. The molecule has 0 aliphatic carbocycles. The second kappa shape index (κ2) is 10.4. The largest absolute Gasteiger partial charge is 0.348 e. The highest BCUT2D eigenvalue weighted by molar-refractivity contribution is 5.97. The Labute approximate surface area is 191 Å². The molecule has 0 saturated carbocycles. The molecule has 0 saturated heterocycles. The minimum atomic E-state index is -0.675. The first kappa shape index (κ1) is 25.1. The summed E-state index contributed by atoms with van der Waals surface area (Å²) in [7, 11) is 0. The van der Waals surface area contributed by atoms with Crippen LogP contribution in [-0.4, -0.2) is 23.8 Å². The summed E-state index contributed by atoms with van der Waals surface area (Å²) in [6.07, 6.45) is 0. The molecule has 0 spiro atoms. The van der Waals surface area contributed by atoms with Gasteiger partial charge in [-0.05, 0) is 53.6 Å². The summed E-state index contributed by atoms with van der Waals surface area (Å²) in [6, 6.07) is 13.8. The molecule has 0 aromatic heterocycles. The number of benzene rings is 2. The normalized spacial score (nSPS) is 13.2. The van der Waals surface area contributed by atoms with E-state index in [0.29, 0.717) is 11.3 Å². The monoisotopic (exact) mass is 437 g/mol. The summed E-state index contributed by atoms with van der Waals surface area (Å²) in [6.45, 7) is 13.5. The van der Waals surface area contributed by atoms with Crippen molar-refractivity contribution >= 4 is 23.4 Å². The molecule has 0 aliphatic rings. The van der Waals surface area contributed by atoms with E-state index in [0.717, 1.165) is 11.1 Å². The highest BCUT2D eigenvalue weighted by Crippen LogP contribution is 2.22. The van der Waals surface area contributed by atoms with Crippen molar-refractivity contribution < 1.29 is 14.4 Å². The standard InChI is InChI=1S/C26H35N3O3/c1-16(2)23(29-24(31)19-11-13-21(14-12-19)26(5,6)7)25(32)27-17(3)20-9-8-10-22(15-20)28-18(4)30/h8-17,23H,1-7H3,(H,27,32)(H,28,30)(H,29,31). The number of anilines is 1. The lowest BCUT2D eigenvalue weighted by Crippen LogP contribution is -2.50. The predicted octanol–water partition coefficient (Wildman–Crippen LogP) is 4.57. The van der Waals surface area contributed by atoms with Gasteiger partial charge in [-0.15, -0.1) is 0 Å². The third kappa shape index (κ3) is 6.94. The molecule has 0 aliphatic heterocycles. The van der Waals surface area contributed by atoms with Crippen LogP contribution in [0.4, 0.5) is 5.69 Å². The van der Waals surface area contributed by atoms with Crippen LogP contribution >= 0.6 is 0 Å². The second-order valence-corrected chi connectivity index (χ2v) is 9.56. The number of carbonyl (C=O) groups excluding carboxylic acids is 3. The Kier molecular flexibility index (Phi) is 8.19. The topological polar surface area (TPSA) is 87.3 Å². The van der Waals surface area contributed by atoms with E-state index in [1.807, 2.05) is 51.1 Å². The fraction of sp³-hybridized carbons (Fsp3) is 0.423. The third-order valence-electron chi connectivity index (χ3n) is 5.31. The molecule has 2 atom stereocenters.